The molecule has 0 fully saturated rings. The smallest absolute Gasteiger partial charge is 0.119 e. The first-order valence-corrected chi connectivity index (χ1v) is 5.63. The van der Waals surface area contributed by atoms with Crippen LogP contribution in [0.1, 0.15) is 27.2 Å². The minimum absolute atomic E-state index is 0.911. The molecule has 0 spiro atoms. The number of ether oxygens (including phenoxy) is 1. The first kappa shape index (κ1) is 13.8. The van der Waals surface area contributed by atoms with Crippen LogP contribution < -0.4 is 9.64 Å². The lowest BCUT2D eigenvalue weighted by atomic mass is 10.2. The first-order valence-electron chi connectivity index (χ1n) is 5.63. The van der Waals surface area contributed by atoms with Crippen LogP contribution in [0.15, 0.2) is 24.3 Å². The van der Waals surface area contributed by atoms with Crippen LogP contribution in [0.25, 0.3) is 0 Å². The summed E-state index contributed by atoms with van der Waals surface area (Å²) in [5.41, 5.74) is 1.24. The second-order valence-electron chi connectivity index (χ2n) is 3.12. The molecule has 0 amide bonds. The normalized spacial score (nSPS) is 8.87. The van der Waals surface area contributed by atoms with E-state index in [9.17, 15) is 0 Å². The zero-order chi connectivity index (χ0) is 11.7. The van der Waals surface area contributed by atoms with Crippen molar-refractivity contribution >= 4 is 5.69 Å². The van der Waals surface area contributed by atoms with E-state index in [0.717, 1.165) is 12.3 Å². The van der Waals surface area contributed by atoms with E-state index in [0.29, 0.717) is 0 Å². The molecule has 0 aliphatic rings. The third-order valence-corrected chi connectivity index (χ3v) is 2.07. The summed E-state index contributed by atoms with van der Waals surface area (Å²) in [6, 6.07) is 8.13. The predicted octanol–water partition coefficient (Wildman–Crippen LogP) is 3.57. The molecule has 0 unspecified atom stereocenters. The summed E-state index contributed by atoms with van der Waals surface area (Å²) in [6.45, 7) is 7.27. The zero-order valence-corrected chi connectivity index (χ0v) is 10.6. The van der Waals surface area contributed by atoms with E-state index < -0.39 is 0 Å². The van der Waals surface area contributed by atoms with Crippen molar-refractivity contribution in [1.29, 1.82) is 0 Å². The number of hydrogen-bond donors (Lipinski definition) is 0. The third kappa shape index (κ3) is 4.73. The van der Waals surface area contributed by atoms with Gasteiger partial charge in [0.2, 0.25) is 0 Å². The molecule has 1 aromatic rings. The molecular weight excluding hydrogens is 186 g/mol. The van der Waals surface area contributed by atoms with Crippen LogP contribution in [-0.4, -0.2) is 20.7 Å². The zero-order valence-electron chi connectivity index (χ0n) is 10.6. The van der Waals surface area contributed by atoms with Crippen LogP contribution in [0.3, 0.4) is 0 Å². The molecule has 0 saturated heterocycles. The van der Waals surface area contributed by atoms with E-state index >= 15 is 0 Å². The Morgan fingerprint density at radius 2 is 1.67 bits per heavy atom. The summed E-state index contributed by atoms with van der Waals surface area (Å²) in [7, 11) is 3.79. The Labute approximate surface area is 93.9 Å². The van der Waals surface area contributed by atoms with Gasteiger partial charge in [-0.25, -0.2) is 0 Å². The highest BCUT2D eigenvalue weighted by atomic mass is 16.5. The molecule has 0 aromatic heterocycles. The first-order chi connectivity index (χ1) is 7.27. The molecule has 2 nitrogen and oxygen atoms in total. The maximum Gasteiger partial charge on any atom is 0.119 e. The van der Waals surface area contributed by atoms with Crippen molar-refractivity contribution in [3.05, 3.63) is 24.3 Å². The Morgan fingerprint density at radius 3 is 2.07 bits per heavy atom. The van der Waals surface area contributed by atoms with Gasteiger partial charge in [-0.2, -0.15) is 0 Å². The molecule has 86 valence electrons. The van der Waals surface area contributed by atoms with Crippen LogP contribution in [0, 0.1) is 0 Å². The molecule has 0 heterocycles. The molecule has 15 heavy (non-hydrogen) atoms. The molecule has 0 N–H and O–H groups in total. The quantitative estimate of drug-likeness (QED) is 0.751. The van der Waals surface area contributed by atoms with Crippen LogP contribution in [0.2, 0.25) is 0 Å². The van der Waals surface area contributed by atoms with Crippen molar-refractivity contribution in [1.82, 2.24) is 0 Å². The number of hydrogen-bond acceptors (Lipinski definition) is 2. The maximum atomic E-state index is 5.09. The minimum Gasteiger partial charge on any atom is -0.497 e. The summed E-state index contributed by atoms with van der Waals surface area (Å²) >= 11 is 0. The molecular formula is C13H23NO. The summed E-state index contributed by atoms with van der Waals surface area (Å²) < 4.78 is 5.09. The SMILES string of the molecule is CC.CCCN(C)c1ccc(OC)cc1. The molecule has 0 atom stereocenters. The van der Waals surface area contributed by atoms with E-state index in [4.69, 9.17) is 4.74 Å². The highest BCUT2D eigenvalue weighted by Gasteiger charge is 1.98. The van der Waals surface area contributed by atoms with Gasteiger partial charge >= 0.3 is 0 Å². The summed E-state index contributed by atoms with van der Waals surface area (Å²) in [6.07, 6.45) is 1.17. The van der Waals surface area contributed by atoms with Gasteiger partial charge in [-0.1, -0.05) is 20.8 Å². The van der Waals surface area contributed by atoms with Gasteiger partial charge in [0.1, 0.15) is 5.75 Å². The fraction of sp³-hybridized carbons (Fsp3) is 0.538. The standard InChI is InChI=1S/C11H17NO.C2H6/c1-4-9-12(2)10-5-7-11(13-3)8-6-10;1-2/h5-8H,4,9H2,1-3H3;1-2H3. The molecule has 0 radical (unpaired) electrons. The Balaban J connectivity index is 0.000000921. The number of nitrogens with zero attached hydrogens (tertiary/aromatic N) is 1. The van der Waals surface area contributed by atoms with E-state index in [1.165, 1.54) is 12.1 Å². The van der Waals surface area contributed by atoms with Gasteiger partial charge < -0.3 is 9.64 Å². The number of benzene rings is 1. The summed E-state index contributed by atoms with van der Waals surface area (Å²) in [5, 5.41) is 0. The molecule has 2 heteroatoms. The lowest BCUT2D eigenvalue weighted by molar-refractivity contribution is 0.415. The van der Waals surface area contributed by atoms with Crippen LogP contribution >= 0.6 is 0 Å². The van der Waals surface area contributed by atoms with Crippen molar-refractivity contribution in [3.63, 3.8) is 0 Å². The lowest BCUT2D eigenvalue weighted by Gasteiger charge is -2.18. The molecule has 0 bridgehead atoms. The van der Waals surface area contributed by atoms with Crippen LogP contribution in [0.4, 0.5) is 5.69 Å². The topological polar surface area (TPSA) is 12.5 Å². The highest BCUT2D eigenvalue weighted by Crippen LogP contribution is 2.17. The predicted molar refractivity (Wildman–Crippen MR) is 67.9 cm³/mol. The maximum absolute atomic E-state index is 5.09. The lowest BCUT2D eigenvalue weighted by Crippen LogP contribution is -2.17. The van der Waals surface area contributed by atoms with E-state index in [2.05, 4.69) is 31.0 Å². The van der Waals surface area contributed by atoms with Crippen molar-refractivity contribution in [2.75, 3.05) is 25.6 Å². The van der Waals surface area contributed by atoms with Gasteiger partial charge in [0, 0.05) is 19.3 Å². The number of rotatable bonds is 4. The van der Waals surface area contributed by atoms with Crippen LogP contribution in [-0.2, 0) is 0 Å². The highest BCUT2D eigenvalue weighted by molar-refractivity contribution is 5.48. The Kier molecular flexibility index (Phi) is 7.51. The summed E-state index contributed by atoms with van der Waals surface area (Å²) in [4.78, 5) is 2.24. The third-order valence-electron chi connectivity index (χ3n) is 2.07. The van der Waals surface area contributed by atoms with Gasteiger partial charge in [0.05, 0.1) is 7.11 Å². The number of methoxy groups -OCH3 is 1. The van der Waals surface area contributed by atoms with Crippen molar-refractivity contribution < 1.29 is 4.74 Å². The van der Waals surface area contributed by atoms with Gasteiger partial charge in [0.25, 0.3) is 0 Å². The fourth-order valence-electron chi connectivity index (χ4n) is 1.30. The molecule has 1 aromatic carbocycles. The average Bonchev–Trinajstić information content (AvgIpc) is 2.32. The van der Waals surface area contributed by atoms with E-state index in [1.54, 1.807) is 7.11 Å². The molecule has 0 aliphatic carbocycles. The second kappa shape index (κ2) is 8.16. The minimum atomic E-state index is 0.911. The Bertz CT molecular complexity index is 243. The molecule has 1 rings (SSSR count). The van der Waals surface area contributed by atoms with Gasteiger partial charge in [-0.05, 0) is 30.7 Å². The van der Waals surface area contributed by atoms with Gasteiger partial charge in [-0.15, -0.1) is 0 Å². The summed E-state index contributed by atoms with van der Waals surface area (Å²) in [5.74, 6) is 0.911. The van der Waals surface area contributed by atoms with Crippen molar-refractivity contribution in [2.24, 2.45) is 0 Å². The van der Waals surface area contributed by atoms with Gasteiger partial charge in [-0.3, -0.25) is 0 Å². The second-order valence-corrected chi connectivity index (χ2v) is 3.12. The van der Waals surface area contributed by atoms with Crippen molar-refractivity contribution in [3.8, 4) is 5.75 Å². The largest absolute Gasteiger partial charge is 0.497 e. The molecule has 0 saturated carbocycles. The van der Waals surface area contributed by atoms with E-state index in [1.807, 2.05) is 26.0 Å². The monoisotopic (exact) mass is 209 g/mol. The fourth-order valence-corrected chi connectivity index (χ4v) is 1.30. The average molecular weight is 209 g/mol. The number of anilines is 1. The van der Waals surface area contributed by atoms with Crippen LogP contribution in [0.5, 0.6) is 5.75 Å². The molecule has 0 aliphatic heterocycles. The van der Waals surface area contributed by atoms with E-state index in [-0.39, 0.29) is 0 Å². The Hall–Kier alpha value is -1.18. The Morgan fingerprint density at radius 1 is 1.13 bits per heavy atom. The van der Waals surface area contributed by atoms with Gasteiger partial charge in [0.15, 0.2) is 0 Å². The van der Waals surface area contributed by atoms with Crippen molar-refractivity contribution in [2.45, 2.75) is 27.2 Å².